The summed E-state index contributed by atoms with van der Waals surface area (Å²) < 4.78 is 0. The van der Waals surface area contributed by atoms with Crippen molar-refractivity contribution in [3.05, 3.63) is 409 Å². The quantitative estimate of drug-likeness (QED) is 0.161. The van der Waals surface area contributed by atoms with E-state index in [0.717, 1.165) is 0 Å². The van der Waals surface area contributed by atoms with Crippen LogP contribution in [0, 0.1) is 41.5 Å². The number of hydrogen-bond acceptors (Lipinski definition) is 0. The molecule has 0 saturated heterocycles. The second-order valence-electron chi connectivity index (χ2n) is 24.7. The molecule has 0 fully saturated rings. The smallest absolute Gasteiger partial charge is 0.0103 e. The Kier molecular flexibility index (Phi) is 21.0. The van der Waals surface area contributed by atoms with Crippen molar-refractivity contribution in [1.82, 2.24) is 0 Å². The standard InChI is InChI=1S/5C17H14.C11H10/c1-13-7-2-4-10-15(13)17-12-6-9-14-8-3-5-11-16(14)17;1-13-6-4-9-15(12-13)17-11-5-8-14-7-2-3-10-16(14)17;1-13-9-11-15(12-10-13)17-8-4-6-14-5-2-3-7-16(14)17;1-13-7-5-12-17-15(13)10-6-11-16(17)14-8-3-2-4-9-14;1-13-11-15-9-5-6-10-16(15)17(12-13)14-7-3-2-4-8-14;1-9-6-7-10-4-2-3-5-11(10)8-9/h5*2-12H,1H3;2-8H,1H3. The summed E-state index contributed by atoms with van der Waals surface area (Å²) >= 11 is 0. The molecule has 0 radical (unpaired) electrons. The molecule has 0 aliphatic carbocycles. The van der Waals surface area contributed by atoms with Gasteiger partial charge >= 0.3 is 0 Å². The van der Waals surface area contributed by atoms with E-state index < -0.39 is 0 Å². The molecule has 0 amide bonds. The normalized spacial score (nSPS) is 10.6. The molecular formula is C96H80. The molecule has 0 nitrogen and oxygen atoms in total. The van der Waals surface area contributed by atoms with E-state index in [9.17, 15) is 0 Å². The van der Waals surface area contributed by atoms with Gasteiger partial charge in [0.25, 0.3) is 0 Å². The summed E-state index contributed by atoms with van der Waals surface area (Å²) in [5.74, 6) is 0. The Morgan fingerprint density at radius 2 is 0.479 bits per heavy atom. The van der Waals surface area contributed by atoms with Crippen LogP contribution >= 0.6 is 0 Å². The van der Waals surface area contributed by atoms with E-state index in [1.807, 2.05) is 0 Å². The van der Waals surface area contributed by atoms with Crippen molar-refractivity contribution < 1.29 is 0 Å². The fourth-order valence-corrected chi connectivity index (χ4v) is 12.8. The number of hydrogen-bond donors (Lipinski definition) is 0. The highest BCUT2D eigenvalue weighted by atomic mass is 14.1. The minimum absolute atomic E-state index is 1.28. The second-order valence-corrected chi connectivity index (χ2v) is 24.7. The number of aryl methyl sites for hydroxylation is 6. The van der Waals surface area contributed by atoms with Crippen molar-refractivity contribution in [3.8, 4) is 55.6 Å². The van der Waals surface area contributed by atoms with Gasteiger partial charge < -0.3 is 0 Å². The van der Waals surface area contributed by atoms with E-state index in [1.54, 1.807) is 0 Å². The lowest BCUT2D eigenvalue weighted by Gasteiger charge is -2.09. The Hall–Kier alpha value is -11.7. The average Bonchev–Trinajstić information content (AvgIpc) is 0.913. The van der Waals surface area contributed by atoms with Crippen molar-refractivity contribution in [1.29, 1.82) is 0 Å². The van der Waals surface area contributed by atoms with E-state index in [-0.39, 0.29) is 0 Å². The first kappa shape index (κ1) is 64.4. The van der Waals surface area contributed by atoms with Crippen LogP contribution in [0.3, 0.4) is 0 Å². The fraction of sp³-hybridized carbons (Fsp3) is 0.0625. The molecule has 96 heavy (non-hydrogen) atoms. The SMILES string of the molecule is Cc1cc(-c2ccccc2)c2ccccc2c1.Cc1ccc(-c2cccc3ccccc23)cc1.Cc1ccc2ccccc2c1.Cc1cccc(-c2cccc3ccccc23)c1.Cc1cccc2c(-c3ccccc3)cccc12.Cc1ccccc1-c1cccc2ccccc12. The van der Waals surface area contributed by atoms with Gasteiger partial charge in [-0.3, -0.25) is 0 Å². The minimum atomic E-state index is 1.28. The van der Waals surface area contributed by atoms with Gasteiger partial charge in [-0.1, -0.05) is 393 Å². The van der Waals surface area contributed by atoms with Crippen molar-refractivity contribution in [2.75, 3.05) is 0 Å². The first-order valence-electron chi connectivity index (χ1n) is 33.3. The Morgan fingerprint density at radius 1 is 0.135 bits per heavy atom. The predicted molar refractivity (Wildman–Crippen MR) is 419 cm³/mol. The summed E-state index contributed by atoms with van der Waals surface area (Å²) in [5, 5.41) is 15.8. The topological polar surface area (TPSA) is 0 Å². The average molecular weight is 1230 g/mol. The van der Waals surface area contributed by atoms with Crippen LogP contribution in [0.25, 0.3) is 120 Å². The second kappa shape index (κ2) is 31.3. The summed E-state index contributed by atoms with van der Waals surface area (Å²) in [6, 6.07) is 133. The number of rotatable bonds is 5. The maximum Gasteiger partial charge on any atom is -0.0103 e. The highest BCUT2D eigenvalue weighted by Gasteiger charge is 2.09. The Morgan fingerprint density at radius 3 is 1.07 bits per heavy atom. The van der Waals surface area contributed by atoms with E-state index >= 15 is 0 Å². The van der Waals surface area contributed by atoms with Gasteiger partial charge in [-0.25, -0.2) is 0 Å². The van der Waals surface area contributed by atoms with Crippen molar-refractivity contribution in [2.24, 2.45) is 0 Å². The molecule has 464 valence electrons. The molecular weight excluding hydrogens is 1150 g/mol. The molecule has 0 aromatic heterocycles. The Bertz CT molecular complexity index is 5390. The highest BCUT2D eigenvalue weighted by molar-refractivity contribution is 6.01. The maximum absolute atomic E-state index is 2.26. The van der Waals surface area contributed by atoms with Crippen molar-refractivity contribution in [3.63, 3.8) is 0 Å². The molecule has 0 spiro atoms. The molecule has 17 rings (SSSR count). The lowest BCUT2D eigenvalue weighted by Crippen LogP contribution is -1.84. The summed E-state index contributed by atoms with van der Waals surface area (Å²) in [6.07, 6.45) is 0. The molecule has 0 heteroatoms. The van der Waals surface area contributed by atoms with Gasteiger partial charge in [-0.2, -0.15) is 0 Å². The van der Waals surface area contributed by atoms with Crippen LogP contribution in [-0.4, -0.2) is 0 Å². The molecule has 0 bridgehead atoms. The minimum Gasteiger partial charge on any atom is -0.0622 e. The van der Waals surface area contributed by atoms with Crippen LogP contribution in [0.2, 0.25) is 0 Å². The Labute approximate surface area is 567 Å². The summed E-state index contributed by atoms with van der Waals surface area (Å²) in [7, 11) is 0. The number of fused-ring (bicyclic) bond motifs is 6. The van der Waals surface area contributed by atoms with Crippen molar-refractivity contribution >= 4 is 64.6 Å². The maximum atomic E-state index is 2.26. The third kappa shape index (κ3) is 15.8. The Balaban J connectivity index is 0.000000111. The lowest BCUT2D eigenvalue weighted by atomic mass is 9.95. The first-order chi connectivity index (χ1) is 47.1. The highest BCUT2D eigenvalue weighted by Crippen LogP contribution is 2.35. The van der Waals surface area contributed by atoms with Crippen molar-refractivity contribution in [2.45, 2.75) is 41.5 Å². The molecule has 0 N–H and O–H groups in total. The monoisotopic (exact) mass is 1230 g/mol. The van der Waals surface area contributed by atoms with E-state index in [2.05, 4.69) is 418 Å². The zero-order valence-electron chi connectivity index (χ0n) is 55.8. The predicted octanol–water partition coefficient (Wildman–Crippen LogP) is 27.2. The van der Waals surface area contributed by atoms with E-state index in [0.29, 0.717) is 0 Å². The van der Waals surface area contributed by atoms with Crippen LogP contribution in [0.5, 0.6) is 0 Å². The van der Waals surface area contributed by atoms with Gasteiger partial charge in [0.15, 0.2) is 0 Å². The van der Waals surface area contributed by atoms with Gasteiger partial charge in [-0.05, 0) is 179 Å². The van der Waals surface area contributed by atoms with Crippen LogP contribution in [-0.2, 0) is 0 Å². The van der Waals surface area contributed by atoms with Crippen LogP contribution in [0.4, 0.5) is 0 Å². The van der Waals surface area contributed by atoms with E-state index in [1.165, 1.54) is 154 Å². The molecule has 0 aliphatic heterocycles. The third-order valence-electron chi connectivity index (χ3n) is 17.7. The van der Waals surface area contributed by atoms with Gasteiger partial charge in [0.2, 0.25) is 0 Å². The van der Waals surface area contributed by atoms with Gasteiger partial charge in [0.05, 0.1) is 0 Å². The number of benzene rings is 17. The molecule has 0 unspecified atom stereocenters. The zero-order chi connectivity index (χ0) is 66.0. The van der Waals surface area contributed by atoms with Crippen LogP contribution in [0.15, 0.2) is 376 Å². The van der Waals surface area contributed by atoms with Gasteiger partial charge in [0.1, 0.15) is 0 Å². The van der Waals surface area contributed by atoms with Crippen LogP contribution < -0.4 is 0 Å². The molecule has 17 aromatic rings. The molecule has 0 saturated carbocycles. The molecule has 0 atom stereocenters. The van der Waals surface area contributed by atoms with E-state index in [4.69, 9.17) is 0 Å². The first-order valence-corrected chi connectivity index (χ1v) is 33.3. The van der Waals surface area contributed by atoms with Gasteiger partial charge in [0, 0.05) is 0 Å². The fourth-order valence-electron chi connectivity index (χ4n) is 12.8. The largest absolute Gasteiger partial charge is 0.0622 e. The molecule has 0 heterocycles. The van der Waals surface area contributed by atoms with Gasteiger partial charge in [-0.15, -0.1) is 0 Å². The molecule has 17 aromatic carbocycles. The lowest BCUT2D eigenvalue weighted by molar-refractivity contribution is 1.47. The van der Waals surface area contributed by atoms with Crippen LogP contribution in [0.1, 0.15) is 33.4 Å². The zero-order valence-corrected chi connectivity index (χ0v) is 55.8. The summed E-state index contributed by atoms with van der Waals surface area (Å²) in [6.45, 7) is 12.8. The molecule has 0 aliphatic rings. The summed E-state index contributed by atoms with van der Waals surface area (Å²) in [4.78, 5) is 0. The third-order valence-corrected chi connectivity index (χ3v) is 17.7. The summed E-state index contributed by atoms with van der Waals surface area (Å²) in [5.41, 5.74) is 20.9.